The van der Waals surface area contributed by atoms with E-state index in [0.29, 0.717) is 10.8 Å². The van der Waals surface area contributed by atoms with Crippen LogP contribution in [0, 0.1) is 13.8 Å². The third-order valence-corrected chi connectivity index (χ3v) is 5.38. The molecule has 2 N–H and O–H groups in total. The fourth-order valence-corrected chi connectivity index (χ4v) is 3.84. The SMILES string of the molecule is Cc1ccc(N2CCN(C(=S)Nc3ccc(C(=O)O)c(Cl)c3)CC2)c(C)c1. The van der Waals surface area contributed by atoms with Gasteiger partial charge in [-0.1, -0.05) is 29.3 Å². The number of carboxylic acids is 1. The van der Waals surface area contributed by atoms with Crippen molar-refractivity contribution in [3.63, 3.8) is 0 Å². The summed E-state index contributed by atoms with van der Waals surface area (Å²) in [6.07, 6.45) is 0. The molecule has 0 unspecified atom stereocenters. The van der Waals surface area contributed by atoms with Crippen LogP contribution in [0.1, 0.15) is 21.5 Å². The summed E-state index contributed by atoms with van der Waals surface area (Å²) in [5, 5.41) is 13.0. The summed E-state index contributed by atoms with van der Waals surface area (Å²) in [7, 11) is 0. The maximum atomic E-state index is 11.0. The number of carbonyl (C=O) groups is 1. The number of nitrogens with one attached hydrogen (secondary N) is 1. The van der Waals surface area contributed by atoms with Gasteiger partial charge >= 0.3 is 5.97 Å². The first-order valence-corrected chi connectivity index (χ1v) is 9.55. The third-order valence-electron chi connectivity index (χ3n) is 4.71. The molecule has 1 saturated heterocycles. The second-order valence-corrected chi connectivity index (χ2v) is 7.49. The molecule has 2 aromatic rings. The van der Waals surface area contributed by atoms with Crippen LogP contribution < -0.4 is 10.2 Å². The molecule has 0 radical (unpaired) electrons. The average Bonchev–Trinajstić information content (AvgIpc) is 2.61. The first kappa shape index (κ1) is 19.5. The van der Waals surface area contributed by atoms with Gasteiger partial charge in [0.05, 0.1) is 10.6 Å². The van der Waals surface area contributed by atoms with Crippen molar-refractivity contribution >= 4 is 46.3 Å². The van der Waals surface area contributed by atoms with Crippen LogP contribution in [0.3, 0.4) is 0 Å². The van der Waals surface area contributed by atoms with E-state index in [9.17, 15) is 4.79 Å². The first-order chi connectivity index (χ1) is 12.8. The number of hydrogen-bond donors (Lipinski definition) is 2. The molecular formula is C20H22ClN3O2S. The number of halogens is 1. The van der Waals surface area contributed by atoms with Gasteiger partial charge in [-0.2, -0.15) is 0 Å². The monoisotopic (exact) mass is 403 g/mol. The van der Waals surface area contributed by atoms with Crippen LogP contribution >= 0.6 is 23.8 Å². The van der Waals surface area contributed by atoms with Crippen LogP contribution in [0.2, 0.25) is 5.02 Å². The summed E-state index contributed by atoms with van der Waals surface area (Å²) in [5.74, 6) is -1.04. The van der Waals surface area contributed by atoms with Gasteiger partial charge in [0.15, 0.2) is 5.11 Å². The van der Waals surface area contributed by atoms with Gasteiger partial charge in [0, 0.05) is 37.6 Å². The van der Waals surface area contributed by atoms with Crippen LogP contribution in [0.4, 0.5) is 11.4 Å². The predicted octanol–water partition coefficient (Wildman–Crippen LogP) is 4.17. The topological polar surface area (TPSA) is 55.8 Å². The van der Waals surface area contributed by atoms with Crippen LogP contribution in [-0.2, 0) is 0 Å². The number of anilines is 2. The number of aryl methyl sites for hydroxylation is 2. The molecule has 3 rings (SSSR count). The molecule has 2 aromatic carbocycles. The lowest BCUT2D eigenvalue weighted by atomic mass is 10.1. The summed E-state index contributed by atoms with van der Waals surface area (Å²) in [6, 6.07) is 11.3. The van der Waals surface area contributed by atoms with Crippen LogP contribution in [0.25, 0.3) is 0 Å². The van der Waals surface area contributed by atoms with Gasteiger partial charge in [-0.3, -0.25) is 0 Å². The number of carboxylic acid groups (broad SMARTS) is 1. The normalized spacial score (nSPS) is 14.2. The highest BCUT2D eigenvalue weighted by Crippen LogP contribution is 2.24. The number of rotatable bonds is 3. The molecule has 0 aliphatic carbocycles. The first-order valence-electron chi connectivity index (χ1n) is 8.76. The Balaban J connectivity index is 1.60. The van der Waals surface area contributed by atoms with Crippen molar-refractivity contribution in [2.24, 2.45) is 0 Å². The highest BCUT2D eigenvalue weighted by molar-refractivity contribution is 7.80. The minimum Gasteiger partial charge on any atom is -0.478 e. The van der Waals surface area contributed by atoms with Gasteiger partial charge in [0.2, 0.25) is 0 Å². The van der Waals surface area contributed by atoms with E-state index in [1.807, 2.05) is 0 Å². The molecule has 7 heteroatoms. The van der Waals surface area contributed by atoms with Crippen molar-refractivity contribution in [2.45, 2.75) is 13.8 Å². The maximum Gasteiger partial charge on any atom is 0.337 e. The molecular weight excluding hydrogens is 382 g/mol. The van der Waals surface area contributed by atoms with Gasteiger partial charge in [-0.15, -0.1) is 0 Å². The number of piperazine rings is 1. The summed E-state index contributed by atoms with van der Waals surface area (Å²) >= 11 is 11.5. The highest BCUT2D eigenvalue weighted by atomic mass is 35.5. The molecule has 142 valence electrons. The van der Waals surface area contributed by atoms with Gasteiger partial charge < -0.3 is 20.2 Å². The maximum absolute atomic E-state index is 11.0. The molecule has 0 amide bonds. The molecule has 1 fully saturated rings. The van der Waals surface area contributed by atoms with E-state index in [0.717, 1.165) is 26.2 Å². The Morgan fingerprint density at radius 2 is 1.81 bits per heavy atom. The summed E-state index contributed by atoms with van der Waals surface area (Å²) in [5.41, 5.74) is 4.60. The van der Waals surface area contributed by atoms with Crippen LogP contribution in [-0.4, -0.2) is 47.3 Å². The van der Waals surface area contributed by atoms with Crippen molar-refractivity contribution in [3.05, 3.63) is 58.1 Å². The zero-order valence-electron chi connectivity index (χ0n) is 15.3. The largest absolute Gasteiger partial charge is 0.478 e. The number of hydrogen-bond acceptors (Lipinski definition) is 3. The average molecular weight is 404 g/mol. The molecule has 5 nitrogen and oxygen atoms in total. The van der Waals surface area contributed by atoms with Crippen molar-refractivity contribution < 1.29 is 9.90 Å². The predicted molar refractivity (Wildman–Crippen MR) is 114 cm³/mol. The number of nitrogens with zero attached hydrogens (tertiary/aromatic N) is 2. The van der Waals surface area contributed by atoms with E-state index in [-0.39, 0.29) is 10.6 Å². The second kappa shape index (κ2) is 8.15. The molecule has 0 atom stereocenters. The Kier molecular flexibility index (Phi) is 5.87. The van der Waals surface area contributed by atoms with Crippen molar-refractivity contribution in [2.75, 3.05) is 36.4 Å². The van der Waals surface area contributed by atoms with Gasteiger partial charge in [0.1, 0.15) is 0 Å². The number of thiocarbonyl (C=S) groups is 1. The quantitative estimate of drug-likeness (QED) is 0.750. The van der Waals surface area contributed by atoms with Crippen LogP contribution in [0.15, 0.2) is 36.4 Å². The van der Waals surface area contributed by atoms with E-state index >= 15 is 0 Å². The van der Waals surface area contributed by atoms with E-state index < -0.39 is 5.97 Å². The second-order valence-electron chi connectivity index (χ2n) is 6.69. The minimum atomic E-state index is -1.04. The third kappa shape index (κ3) is 4.51. The van der Waals surface area contributed by atoms with Gasteiger partial charge in [-0.05, 0) is 55.9 Å². The van der Waals surface area contributed by atoms with Crippen molar-refractivity contribution in [3.8, 4) is 0 Å². The van der Waals surface area contributed by atoms with Gasteiger partial charge in [0.25, 0.3) is 0 Å². The summed E-state index contributed by atoms with van der Waals surface area (Å²) in [4.78, 5) is 15.6. The molecule has 0 spiro atoms. The Morgan fingerprint density at radius 1 is 1.11 bits per heavy atom. The summed E-state index contributed by atoms with van der Waals surface area (Å²) in [6.45, 7) is 7.68. The fourth-order valence-electron chi connectivity index (χ4n) is 3.28. The smallest absolute Gasteiger partial charge is 0.337 e. The number of aromatic carboxylic acids is 1. The fraction of sp³-hybridized carbons (Fsp3) is 0.300. The minimum absolute atomic E-state index is 0.0789. The lowest BCUT2D eigenvalue weighted by Crippen LogP contribution is -2.50. The summed E-state index contributed by atoms with van der Waals surface area (Å²) < 4.78 is 0. The molecule has 0 saturated carbocycles. The van der Waals surface area contributed by atoms with E-state index in [4.69, 9.17) is 28.9 Å². The zero-order chi connectivity index (χ0) is 19.6. The molecule has 0 aromatic heterocycles. The lowest BCUT2D eigenvalue weighted by Gasteiger charge is -2.38. The Morgan fingerprint density at radius 3 is 2.41 bits per heavy atom. The molecule has 27 heavy (non-hydrogen) atoms. The van der Waals surface area contributed by atoms with Gasteiger partial charge in [-0.25, -0.2) is 4.79 Å². The van der Waals surface area contributed by atoms with E-state index in [1.165, 1.54) is 22.9 Å². The lowest BCUT2D eigenvalue weighted by molar-refractivity contribution is 0.0697. The molecule has 1 heterocycles. The Bertz CT molecular complexity index is 880. The molecule has 1 aliphatic rings. The highest BCUT2D eigenvalue weighted by Gasteiger charge is 2.20. The Hall–Kier alpha value is -2.31. The van der Waals surface area contributed by atoms with Crippen LogP contribution in [0.5, 0.6) is 0 Å². The zero-order valence-corrected chi connectivity index (χ0v) is 16.9. The van der Waals surface area contributed by atoms with Crippen molar-refractivity contribution in [1.29, 1.82) is 0 Å². The standard InChI is InChI=1S/C20H22ClN3O2S/c1-13-3-6-18(14(2)11-13)23-7-9-24(10-8-23)20(27)22-15-4-5-16(19(25)26)17(21)12-15/h3-6,11-12H,7-10H2,1-2H3,(H,22,27)(H,25,26). The van der Waals surface area contributed by atoms with E-state index in [1.54, 1.807) is 12.1 Å². The number of benzene rings is 2. The van der Waals surface area contributed by atoms with Crippen molar-refractivity contribution in [1.82, 2.24) is 4.90 Å². The van der Waals surface area contributed by atoms with E-state index in [2.05, 4.69) is 47.2 Å². The molecule has 0 bridgehead atoms. The molecule has 1 aliphatic heterocycles. The Labute approximate surface area is 169 Å².